The van der Waals surface area contributed by atoms with E-state index < -0.39 is 0 Å². The topological polar surface area (TPSA) is 86.1 Å². The standard InChI is InChI=1S/C17H16N4O3S/c1-12-11-25-17(23)21(12)10-7-15(22)20-13-3-5-14(6-4-13)24-16-18-8-2-9-19-16/h2-6,8-9,11H,7,10H2,1H3,(H,20,22). The second kappa shape index (κ2) is 7.71. The molecule has 128 valence electrons. The first-order chi connectivity index (χ1) is 12.1. The lowest BCUT2D eigenvalue weighted by molar-refractivity contribution is -0.116. The third-order valence-corrected chi connectivity index (χ3v) is 4.31. The molecular weight excluding hydrogens is 340 g/mol. The summed E-state index contributed by atoms with van der Waals surface area (Å²) in [4.78, 5) is 31.6. The summed E-state index contributed by atoms with van der Waals surface area (Å²) in [6, 6.07) is 8.88. The van der Waals surface area contributed by atoms with E-state index in [4.69, 9.17) is 4.74 Å². The molecule has 0 aliphatic rings. The molecule has 3 rings (SSSR count). The van der Waals surface area contributed by atoms with Crippen molar-refractivity contribution in [2.24, 2.45) is 0 Å². The van der Waals surface area contributed by atoms with Crippen LogP contribution in [0.5, 0.6) is 11.8 Å². The third kappa shape index (κ3) is 4.51. The van der Waals surface area contributed by atoms with Crippen molar-refractivity contribution >= 4 is 22.9 Å². The van der Waals surface area contributed by atoms with Crippen LogP contribution in [-0.4, -0.2) is 20.4 Å². The Hall–Kier alpha value is -3.00. The van der Waals surface area contributed by atoms with Gasteiger partial charge in [0.05, 0.1) is 0 Å². The molecule has 8 heteroatoms. The highest BCUT2D eigenvalue weighted by Gasteiger charge is 2.07. The van der Waals surface area contributed by atoms with Crippen molar-refractivity contribution in [3.8, 4) is 11.8 Å². The Morgan fingerprint density at radius 3 is 2.60 bits per heavy atom. The Labute approximate surface area is 148 Å². The van der Waals surface area contributed by atoms with Gasteiger partial charge in [-0.3, -0.25) is 9.59 Å². The van der Waals surface area contributed by atoms with Crippen molar-refractivity contribution in [1.82, 2.24) is 14.5 Å². The molecule has 0 saturated carbocycles. The number of amides is 1. The van der Waals surface area contributed by atoms with Crippen LogP contribution in [0.1, 0.15) is 12.1 Å². The minimum atomic E-state index is -0.155. The highest BCUT2D eigenvalue weighted by Crippen LogP contribution is 2.19. The molecule has 0 fully saturated rings. The maximum atomic E-state index is 12.0. The first-order valence-electron chi connectivity index (χ1n) is 7.61. The second-order valence-electron chi connectivity index (χ2n) is 5.25. The Balaban J connectivity index is 1.54. The lowest BCUT2D eigenvalue weighted by atomic mass is 10.3. The van der Waals surface area contributed by atoms with Crippen molar-refractivity contribution < 1.29 is 9.53 Å². The van der Waals surface area contributed by atoms with Crippen LogP contribution >= 0.6 is 11.3 Å². The number of carbonyl (C=O) groups is 1. The maximum Gasteiger partial charge on any atom is 0.321 e. The molecule has 1 amide bonds. The predicted octanol–water partition coefficient (Wildman–Crippen LogP) is 2.83. The number of nitrogens with zero attached hydrogens (tertiary/aromatic N) is 3. The number of carbonyl (C=O) groups excluding carboxylic acids is 1. The van der Waals surface area contributed by atoms with Crippen LogP contribution in [-0.2, 0) is 11.3 Å². The average molecular weight is 356 g/mol. The van der Waals surface area contributed by atoms with Crippen LogP contribution in [0.25, 0.3) is 0 Å². The van der Waals surface area contributed by atoms with Crippen molar-refractivity contribution in [2.45, 2.75) is 19.9 Å². The van der Waals surface area contributed by atoms with E-state index in [0.29, 0.717) is 18.0 Å². The summed E-state index contributed by atoms with van der Waals surface area (Å²) in [5.74, 6) is 0.419. The Bertz CT molecular complexity index is 904. The molecule has 0 atom stereocenters. The molecular formula is C17H16N4O3S. The van der Waals surface area contributed by atoms with Gasteiger partial charge in [-0.2, -0.15) is 0 Å². The Morgan fingerprint density at radius 2 is 1.96 bits per heavy atom. The van der Waals surface area contributed by atoms with E-state index in [1.54, 1.807) is 52.7 Å². The molecule has 0 radical (unpaired) electrons. The number of nitrogens with one attached hydrogen (secondary N) is 1. The van der Waals surface area contributed by atoms with E-state index in [1.165, 1.54) is 0 Å². The van der Waals surface area contributed by atoms with Gasteiger partial charge in [0, 0.05) is 42.1 Å². The number of rotatable bonds is 6. The largest absolute Gasteiger partial charge is 0.424 e. The van der Waals surface area contributed by atoms with E-state index in [-0.39, 0.29) is 23.2 Å². The molecule has 2 heterocycles. The van der Waals surface area contributed by atoms with Gasteiger partial charge >= 0.3 is 10.9 Å². The summed E-state index contributed by atoms with van der Waals surface area (Å²) in [7, 11) is 0. The van der Waals surface area contributed by atoms with E-state index in [9.17, 15) is 9.59 Å². The Morgan fingerprint density at radius 1 is 1.24 bits per heavy atom. The van der Waals surface area contributed by atoms with E-state index in [2.05, 4.69) is 15.3 Å². The highest BCUT2D eigenvalue weighted by molar-refractivity contribution is 7.07. The van der Waals surface area contributed by atoms with E-state index in [0.717, 1.165) is 17.0 Å². The molecule has 0 saturated heterocycles. The van der Waals surface area contributed by atoms with Crippen LogP contribution in [0.2, 0.25) is 0 Å². The number of hydrogen-bond acceptors (Lipinski definition) is 6. The zero-order chi connectivity index (χ0) is 17.6. The summed E-state index contributed by atoms with van der Waals surface area (Å²) in [6.45, 7) is 2.22. The molecule has 0 bridgehead atoms. The number of hydrogen-bond donors (Lipinski definition) is 1. The molecule has 0 unspecified atom stereocenters. The van der Waals surface area contributed by atoms with Crippen molar-refractivity contribution in [3.05, 3.63) is 63.5 Å². The first kappa shape index (κ1) is 16.8. The van der Waals surface area contributed by atoms with Crippen molar-refractivity contribution in [1.29, 1.82) is 0 Å². The zero-order valence-corrected chi connectivity index (χ0v) is 14.3. The van der Waals surface area contributed by atoms with Gasteiger partial charge in [0.15, 0.2) is 0 Å². The van der Waals surface area contributed by atoms with Gasteiger partial charge in [-0.25, -0.2) is 9.97 Å². The second-order valence-corrected chi connectivity index (χ2v) is 6.07. The van der Waals surface area contributed by atoms with Crippen LogP contribution in [0, 0.1) is 6.92 Å². The van der Waals surface area contributed by atoms with Crippen molar-refractivity contribution in [3.63, 3.8) is 0 Å². The molecule has 3 aromatic rings. The quantitative estimate of drug-likeness (QED) is 0.734. The molecule has 2 aromatic heterocycles. The average Bonchev–Trinajstić information content (AvgIpc) is 2.94. The number of anilines is 1. The number of benzene rings is 1. The molecule has 0 spiro atoms. The molecule has 7 nitrogen and oxygen atoms in total. The van der Waals surface area contributed by atoms with Crippen LogP contribution in [0.3, 0.4) is 0 Å². The highest BCUT2D eigenvalue weighted by atomic mass is 32.1. The molecule has 0 aliphatic heterocycles. The zero-order valence-electron chi connectivity index (χ0n) is 13.5. The van der Waals surface area contributed by atoms with E-state index in [1.807, 2.05) is 6.92 Å². The van der Waals surface area contributed by atoms with Gasteiger partial charge in [-0.05, 0) is 37.3 Å². The van der Waals surface area contributed by atoms with Gasteiger partial charge in [-0.15, -0.1) is 0 Å². The summed E-state index contributed by atoms with van der Waals surface area (Å²) in [6.07, 6.45) is 3.42. The van der Waals surface area contributed by atoms with Gasteiger partial charge < -0.3 is 14.6 Å². The first-order valence-corrected chi connectivity index (χ1v) is 8.49. The van der Waals surface area contributed by atoms with Gasteiger partial charge in [0.2, 0.25) is 5.91 Å². The molecule has 25 heavy (non-hydrogen) atoms. The van der Waals surface area contributed by atoms with Gasteiger partial charge in [-0.1, -0.05) is 11.3 Å². The maximum absolute atomic E-state index is 12.0. The monoisotopic (exact) mass is 356 g/mol. The SMILES string of the molecule is Cc1csc(=O)n1CCC(=O)Nc1ccc(Oc2ncccn2)cc1. The summed E-state index contributed by atoms with van der Waals surface area (Å²) in [5.41, 5.74) is 1.52. The van der Waals surface area contributed by atoms with Gasteiger partial charge in [0.25, 0.3) is 0 Å². The normalized spacial score (nSPS) is 10.4. The number of aromatic nitrogens is 3. The van der Waals surface area contributed by atoms with Gasteiger partial charge in [0.1, 0.15) is 5.75 Å². The lowest BCUT2D eigenvalue weighted by Gasteiger charge is -2.08. The van der Waals surface area contributed by atoms with Crippen molar-refractivity contribution in [2.75, 3.05) is 5.32 Å². The minimum Gasteiger partial charge on any atom is -0.424 e. The fraction of sp³-hybridized carbons (Fsp3) is 0.176. The third-order valence-electron chi connectivity index (χ3n) is 3.43. The minimum absolute atomic E-state index is 0.0464. The fourth-order valence-corrected chi connectivity index (χ4v) is 2.92. The summed E-state index contributed by atoms with van der Waals surface area (Å²) >= 11 is 1.14. The molecule has 1 N–H and O–H groups in total. The fourth-order valence-electron chi connectivity index (χ4n) is 2.16. The van der Waals surface area contributed by atoms with E-state index >= 15 is 0 Å². The van der Waals surface area contributed by atoms with Crippen LogP contribution in [0.15, 0.2) is 52.9 Å². The number of aryl methyl sites for hydroxylation is 1. The summed E-state index contributed by atoms with van der Waals surface area (Å²) in [5, 5.41) is 4.58. The number of thiazole rings is 1. The predicted molar refractivity (Wildman–Crippen MR) is 95.1 cm³/mol. The van der Waals surface area contributed by atoms with Crippen LogP contribution < -0.4 is 14.9 Å². The smallest absolute Gasteiger partial charge is 0.321 e. The number of ether oxygens (including phenoxy) is 1. The lowest BCUT2D eigenvalue weighted by Crippen LogP contribution is -2.20. The Kier molecular flexibility index (Phi) is 5.20. The molecule has 0 aliphatic carbocycles. The van der Waals surface area contributed by atoms with Crippen LogP contribution in [0.4, 0.5) is 5.69 Å². The summed E-state index contributed by atoms with van der Waals surface area (Å²) < 4.78 is 7.09. The molecule has 1 aromatic carbocycles.